The fourth-order valence-corrected chi connectivity index (χ4v) is 4.09. The van der Waals surface area contributed by atoms with Crippen molar-refractivity contribution in [2.75, 3.05) is 0 Å². The summed E-state index contributed by atoms with van der Waals surface area (Å²) in [5.41, 5.74) is 1.75. The smallest absolute Gasteiger partial charge is 0.138 e. The highest BCUT2D eigenvalue weighted by Crippen LogP contribution is 2.37. The maximum absolute atomic E-state index is 13.9. The van der Waals surface area contributed by atoms with E-state index < -0.39 is 0 Å². The van der Waals surface area contributed by atoms with Crippen LogP contribution < -0.4 is 0 Å². The average Bonchev–Trinajstić information content (AvgIpc) is 2.85. The van der Waals surface area contributed by atoms with Gasteiger partial charge in [0.2, 0.25) is 0 Å². The molecule has 0 amide bonds. The first kappa shape index (κ1) is 15.5. The van der Waals surface area contributed by atoms with Crippen molar-refractivity contribution in [3.63, 3.8) is 0 Å². The number of hydrogen-bond acceptors (Lipinski definition) is 1. The van der Waals surface area contributed by atoms with Crippen molar-refractivity contribution < 1.29 is 4.39 Å². The topological polar surface area (TPSA) is 17.8 Å². The van der Waals surface area contributed by atoms with Gasteiger partial charge in [0.15, 0.2) is 0 Å². The van der Waals surface area contributed by atoms with Crippen LogP contribution in [0, 0.1) is 15.3 Å². The molecule has 2 aromatic rings. The minimum atomic E-state index is -0.174. The van der Waals surface area contributed by atoms with Crippen molar-refractivity contribution in [2.24, 2.45) is 5.92 Å². The molecular weight excluding hydrogens is 402 g/mol. The molecule has 0 atom stereocenters. The number of alkyl halides is 1. The van der Waals surface area contributed by atoms with E-state index in [1.807, 2.05) is 28.7 Å². The minimum Gasteiger partial charge on any atom is -0.324 e. The molecule has 0 radical (unpaired) electrons. The van der Waals surface area contributed by atoms with Gasteiger partial charge in [-0.25, -0.2) is 9.37 Å². The van der Waals surface area contributed by atoms with Gasteiger partial charge in [-0.1, -0.05) is 13.3 Å². The number of fused-ring (bicyclic) bond motifs is 1. The molecule has 0 N–H and O–H groups in total. The summed E-state index contributed by atoms with van der Waals surface area (Å²) in [7, 11) is 0. The van der Waals surface area contributed by atoms with Crippen LogP contribution in [-0.2, 0) is 5.88 Å². The second-order valence-corrected chi connectivity index (χ2v) is 7.30. The van der Waals surface area contributed by atoms with E-state index in [1.54, 1.807) is 6.07 Å². The van der Waals surface area contributed by atoms with E-state index in [4.69, 9.17) is 11.6 Å². The fraction of sp³-hybridized carbons (Fsp3) is 0.562. The predicted octanol–water partition coefficient (Wildman–Crippen LogP) is 5.66. The summed E-state index contributed by atoms with van der Waals surface area (Å²) in [6, 6.07) is 3.84. The Labute approximate surface area is 143 Å². The Morgan fingerprint density at radius 2 is 2.05 bits per heavy atom. The molecule has 2 nitrogen and oxygen atoms in total. The zero-order valence-electron chi connectivity index (χ0n) is 12.1. The van der Waals surface area contributed by atoms with Crippen molar-refractivity contribution in [3.05, 3.63) is 27.3 Å². The van der Waals surface area contributed by atoms with Gasteiger partial charge in [-0.15, -0.1) is 11.6 Å². The summed E-state index contributed by atoms with van der Waals surface area (Å²) in [6.07, 6.45) is 6.03. The lowest BCUT2D eigenvalue weighted by Crippen LogP contribution is -2.19. The van der Waals surface area contributed by atoms with E-state index in [1.165, 1.54) is 19.3 Å². The van der Waals surface area contributed by atoms with Gasteiger partial charge in [0.25, 0.3) is 0 Å². The monoisotopic (exact) mass is 420 g/mol. The standard InChI is InChI=1S/C16H19ClFIN2/c1-2-10-3-5-11(6-4-10)21-15-7-12(18)13(19)8-14(15)20-16(21)9-17/h7-8,10-11H,2-6,9H2,1H3. The van der Waals surface area contributed by atoms with E-state index >= 15 is 0 Å². The molecule has 1 fully saturated rings. The second-order valence-electron chi connectivity index (χ2n) is 5.87. The molecule has 1 aromatic heterocycles. The molecule has 1 aromatic carbocycles. The summed E-state index contributed by atoms with van der Waals surface area (Å²) in [4.78, 5) is 4.61. The molecular formula is C16H19ClFIN2. The van der Waals surface area contributed by atoms with Gasteiger partial charge in [0.1, 0.15) is 11.6 Å². The lowest BCUT2D eigenvalue weighted by Gasteiger charge is -2.30. The van der Waals surface area contributed by atoms with Gasteiger partial charge in [-0.05, 0) is 60.3 Å². The Hall–Kier alpha value is -0.360. The Balaban J connectivity index is 2.02. The van der Waals surface area contributed by atoms with Crippen LogP contribution >= 0.6 is 34.2 Å². The van der Waals surface area contributed by atoms with E-state index in [9.17, 15) is 4.39 Å². The van der Waals surface area contributed by atoms with Crippen molar-refractivity contribution >= 4 is 45.2 Å². The number of halogens is 3. The molecule has 1 heterocycles. The number of nitrogens with zero attached hydrogens (tertiary/aromatic N) is 2. The molecule has 0 aliphatic heterocycles. The first-order valence-corrected chi connectivity index (χ1v) is 9.17. The van der Waals surface area contributed by atoms with Gasteiger partial charge in [-0.3, -0.25) is 0 Å². The van der Waals surface area contributed by atoms with Crippen LogP contribution in [0.25, 0.3) is 11.0 Å². The van der Waals surface area contributed by atoms with Gasteiger partial charge in [-0.2, -0.15) is 0 Å². The number of imidazole rings is 1. The summed E-state index contributed by atoms with van der Waals surface area (Å²) in [5.74, 6) is 1.91. The Kier molecular flexibility index (Phi) is 4.74. The summed E-state index contributed by atoms with van der Waals surface area (Å²) in [5, 5.41) is 0. The maximum Gasteiger partial charge on any atom is 0.138 e. The summed E-state index contributed by atoms with van der Waals surface area (Å²) in [6.45, 7) is 2.26. The normalized spacial score (nSPS) is 22.9. The van der Waals surface area contributed by atoms with Gasteiger partial charge >= 0.3 is 0 Å². The van der Waals surface area contributed by atoms with Crippen LogP contribution in [-0.4, -0.2) is 9.55 Å². The quantitative estimate of drug-likeness (QED) is 0.463. The Bertz CT molecular complexity index is 647. The summed E-state index contributed by atoms with van der Waals surface area (Å²) < 4.78 is 16.7. The molecule has 1 aliphatic carbocycles. The molecule has 1 aliphatic rings. The summed E-state index contributed by atoms with van der Waals surface area (Å²) >= 11 is 8.09. The van der Waals surface area contributed by atoms with Crippen molar-refractivity contribution in [2.45, 2.75) is 50.9 Å². The molecule has 0 spiro atoms. The highest BCUT2D eigenvalue weighted by atomic mass is 127. The van der Waals surface area contributed by atoms with Crippen LogP contribution in [0.1, 0.15) is 50.9 Å². The van der Waals surface area contributed by atoms with Crippen LogP contribution in [0.4, 0.5) is 4.39 Å². The van der Waals surface area contributed by atoms with Crippen LogP contribution in [0.15, 0.2) is 12.1 Å². The second kappa shape index (κ2) is 6.41. The van der Waals surface area contributed by atoms with Gasteiger partial charge < -0.3 is 4.57 Å². The lowest BCUT2D eigenvalue weighted by atomic mass is 9.84. The van der Waals surface area contributed by atoms with E-state index in [2.05, 4.69) is 16.5 Å². The van der Waals surface area contributed by atoms with E-state index in [-0.39, 0.29) is 5.82 Å². The zero-order valence-corrected chi connectivity index (χ0v) is 15.0. The van der Waals surface area contributed by atoms with Crippen LogP contribution in [0.5, 0.6) is 0 Å². The van der Waals surface area contributed by atoms with Crippen molar-refractivity contribution in [1.82, 2.24) is 9.55 Å². The molecule has 5 heteroatoms. The van der Waals surface area contributed by atoms with E-state index in [0.717, 1.165) is 35.6 Å². The molecule has 0 bridgehead atoms. The van der Waals surface area contributed by atoms with Gasteiger partial charge in [0.05, 0.1) is 20.5 Å². The van der Waals surface area contributed by atoms with E-state index in [0.29, 0.717) is 15.5 Å². The molecule has 3 rings (SSSR count). The highest BCUT2D eigenvalue weighted by Gasteiger charge is 2.25. The van der Waals surface area contributed by atoms with Crippen molar-refractivity contribution in [3.8, 4) is 0 Å². The minimum absolute atomic E-state index is 0.174. The largest absolute Gasteiger partial charge is 0.324 e. The SMILES string of the molecule is CCC1CCC(n2c(CCl)nc3cc(I)c(F)cc32)CC1. The maximum atomic E-state index is 13.9. The lowest BCUT2D eigenvalue weighted by molar-refractivity contribution is 0.270. The Morgan fingerprint density at radius 1 is 1.33 bits per heavy atom. The molecule has 0 unspecified atom stereocenters. The third-order valence-corrected chi connectivity index (χ3v) is 5.75. The Morgan fingerprint density at radius 3 is 2.67 bits per heavy atom. The number of rotatable bonds is 3. The molecule has 1 saturated carbocycles. The first-order chi connectivity index (χ1) is 10.1. The molecule has 0 saturated heterocycles. The zero-order chi connectivity index (χ0) is 15.0. The fourth-order valence-electron chi connectivity index (χ4n) is 3.45. The molecule has 21 heavy (non-hydrogen) atoms. The van der Waals surface area contributed by atoms with Crippen molar-refractivity contribution in [1.29, 1.82) is 0 Å². The first-order valence-electron chi connectivity index (χ1n) is 7.55. The molecule has 114 valence electrons. The third-order valence-electron chi connectivity index (χ3n) is 4.68. The number of hydrogen-bond donors (Lipinski definition) is 0. The van der Waals surface area contributed by atoms with Crippen LogP contribution in [0.3, 0.4) is 0 Å². The number of aromatic nitrogens is 2. The van der Waals surface area contributed by atoms with Crippen LogP contribution in [0.2, 0.25) is 0 Å². The highest BCUT2D eigenvalue weighted by molar-refractivity contribution is 14.1. The van der Waals surface area contributed by atoms with Gasteiger partial charge in [0, 0.05) is 12.1 Å². The predicted molar refractivity (Wildman–Crippen MR) is 93.3 cm³/mol. The third kappa shape index (κ3) is 2.93. The number of benzene rings is 1. The average molecular weight is 421 g/mol.